The maximum absolute atomic E-state index is 9.75. The Hall–Kier alpha value is -2.62. The van der Waals surface area contributed by atoms with Crippen molar-refractivity contribution < 1.29 is 14.6 Å². The standard InChI is InChI=1S/C35H42O3/c1-35-22-28(13-8-20-36)34-30-17-15-29(37-23-25-9-4-2-5-10-25)21-27(30)14-16-31(34)32(35)18-19-33(35)38-24-26-11-6-3-7-12-26/h2-7,9-12,15,17,21,28,31-34,36H,8,13-14,16,18-20,22-24H2,1H3/t28-,31-,32-,33-,34+,35-/m0/s1. The smallest absolute Gasteiger partial charge is 0.120 e. The van der Waals surface area contributed by atoms with Crippen LogP contribution in [0.3, 0.4) is 0 Å². The molecule has 0 heterocycles. The largest absolute Gasteiger partial charge is 0.489 e. The molecule has 0 unspecified atom stereocenters. The summed E-state index contributed by atoms with van der Waals surface area (Å²) in [6, 6.07) is 27.9. The van der Waals surface area contributed by atoms with Gasteiger partial charge in [-0.3, -0.25) is 0 Å². The van der Waals surface area contributed by atoms with E-state index in [4.69, 9.17) is 9.47 Å². The number of benzene rings is 3. The molecular formula is C35H42O3. The lowest BCUT2D eigenvalue weighted by Crippen LogP contribution is -2.48. The number of rotatable bonds is 9. The molecule has 0 aliphatic heterocycles. The molecule has 0 bridgehead atoms. The highest BCUT2D eigenvalue weighted by molar-refractivity contribution is 5.41. The molecule has 0 saturated heterocycles. The molecule has 38 heavy (non-hydrogen) atoms. The zero-order valence-electron chi connectivity index (χ0n) is 22.7. The third-order valence-electron chi connectivity index (χ3n) is 10.0. The summed E-state index contributed by atoms with van der Waals surface area (Å²) in [6.07, 6.45) is 8.33. The van der Waals surface area contributed by atoms with Gasteiger partial charge in [-0.05, 0) is 108 Å². The van der Waals surface area contributed by atoms with Crippen molar-refractivity contribution in [3.8, 4) is 5.75 Å². The lowest BCUT2D eigenvalue weighted by atomic mass is 9.51. The molecule has 0 amide bonds. The number of hydrogen-bond donors (Lipinski definition) is 1. The predicted octanol–water partition coefficient (Wildman–Crippen LogP) is 7.71. The van der Waals surface area contributed by atoms with Crippen LogP contribution in [-0.4, -0.2) is 17.8 Å². The van der Waals surface area contributed by atoms with Crippen LogP contribution in [0, 0.1) is 23.2 Å². The van der Waals surface area contributed by atoms with Crippen molar-refractivity contribution >= 4 is 0 Å². The van der Waals surface area contributed by atoms with Gasteiger partial charge in [-0.1, -0.05) is 73.7 Å². The zero-order chi connectivity index (χ0) is 26.0. The minimum atomic E-state index is 0.215. The molecule has 200 valence electrons. The number of aliphatic hydroxyl groups is 1. The van der Waals surface area contributed by atoms with E-state index in [2.05, 4.69) is 79.7 Å². The first-order valence-electron chi connectivity index (χ1n) is 14.7. The Morgan fingerprint density at radius 3 is 2.34 bits per heavy atom. The molecule has 3 nitrogen and oxygen atoms in total. The first-order valence-corrected chi connectivity index (χ1v) is 14.7. The molecule has 2 fully saturated rings. The molecule has 3 aliphatic carbocycles. The van der Waals surface area contributed by atoms with Crippen molar-refractivity contribution in [1.29, 1.82) is 0 Å². The average Bonchev–Trinajstić information content (AvgIpc) is 3.30. The van der Waals surface area contributed by atoms with Gasteiger partial charge >= 0.3 is 0 Å². The van der Waals surface area contributed by atoms with Gasteiger partial charge < -0.3 is 14.6 Å². The first-order chi connectivity index (χ1) is 18.7. The summed E-state index contributed by atoms with van der Waals surface area (Å²) in [7, 11) is 0. The molecule has 3 aromatic carbocycles. The SMILES string of the molecule is C[C@]12C[C@H](CCCO)[C@@H]3c4ccc(OCc5ccccc5)cc4CC[C@H]3[C@@H]1CC[C@@H]2OCc1ccccc1. The van der Waals surface area contributed by atoms with Crippen molar-refractivity contribution in [1.82, 2.24) is 0 Å². The highest BCUT2D eigenvalue weighted by atomic mass is 16.5. The number of ether oxygens (including phenoxy) is 2. The van der Waals surface area contributed by atoms with Crippen LogP contribution in [0.1, 0.15) is 73.6 Å². The molecule has 3 heteroatoms. The van der Waals surface area contributed by atoms with Crippen LogP contribution in [0.4, 0.5) is 0 Å². The Morgan fingerprint density at radius 1 is 0.868 bits per heavy atom. The maximum atomic E-state index is 9.75. The highest BCUT2D eigenvalue weighted by Gasteiger charge is 2.58. The number of aliphatic hydroxyl groups excluding tert-OH is 1. The fourth-order valence-electron chi connectivity index (χ4n) is 8.33. The second-order valence-corrected chi connectivity index (χ2v) is 12.2. The van der Waals surface area contributed by atoms with Gasteiger partial charge in [0.15, 0.2) is 0 Å². The Morgan fingerprint density at radius 2 is 1.61 bits per heavy atom. The van der Waals surface area contributed by atoms with E-state index in [0.717, 1.165) is 25.0 Å². The van der Waals surface area contributed by atoms with Crippen molar-refractivity contribution in [3.63, 3.8) is 0 Å². The van der Waals surface area contributed by atoms with Gasteiger partial charge in [-0.25, -0.2) is 0 Å². The van der Waals surface area contributed by atoms with Crippen LogP contribution in [0.25, 0.3) is 0 Å². The lowest BCUT2D eigenvalue weighted by Gasteiger charge is -2.54. The molecule has 3 aliphatic rings. The van der Waals surface area contributed by atoms with E-state index in [1.54, 1.807) is 5.56 Å². The van der Waals surface area contributed by atoms with Crippen LogP contribution in [0.2, 0.25) is 0 Å². The summed E-state index contributed by atoms with van der Waals surface area (Å²) >= 11 is 0. The molecule has 6 rings (SSSR count). The van der Waals surface area contributed by atoms with E-state index in [1.165, 1.54) is 42.4 Å². The molecule has 0 radical (unpaired) electrons. The van der Waals surface area contributed by atoms with Gasteiger partial charge in [0.1, 0.15) is 12.4 Å². The minimum absolute atomic E-state index is 0.215. The van der Waals surface area contributed by atoms with Crippen LogP contribution in [-0.2, 0) is 24.4 Å². The van der Waals surface area contributed by atoms with Gasteiger partial charge in [0.2, 0.25) is 0 Å². The van der Waals surface area contributed by atoms with Crippen molar-refractivity contribution in [3.05, 3.63) is 101 Å². The third kappa shape index (κ3) is 5.03. The Balaban J connectivity index is 1.22. The number of hydrogen-bond acceptors (Lipinski definition) is 3. The summed E-state index contributed by atoms with van der Waals surface area (Å²) in [5.74, 6) is 3.56. The van der Waals surface area contributed by atoms with E-state index < -0.39 is 0 Å². The molecule has 2 saturated carbocycles. The highest BCUT2D eigenvalue weighted by Crippen LogP contribution is 2.64. The lowest BCUT2D eigenvalue weighted by molar-refractivity contribution is -0.0880. The Bertz CT molecular complexity index is 1190. The topological polar surface area (TPSA) is 38.7 Å². The van der Waals surface area contributed by atoms with E-state index in [1.807, 2.05) is 6.07 Å². The van der Waals surface area contributed by atoms with Gasteiger partial charge in [0, 0.05) is 6.61 Å². The molecule has 0 aromatic heterocycles. The predicted molar refractivity (Wildman–Crippen MR) is 152 cm³/mol. The number of fused-ring (bicyclic) bond motifs is 5. The summed E-state index contributed by atoms with van der Waals surface area (Å²) < 4.78 is 12.9. The fourth-order valence-corrected chi connectivity index (χ4v) is 8.33. The quantitative estimate of drug-likeness (QED) is 0.320. The Kier molecular flexibility index (Phi) is 7.59. The average molecular weight is 511 g/mol. The normalized spacial score (nSPS) is 29.8. The fraction of sp³-hybridized carbons (Fsp3) is 0.486. The van der Waals surface area contributed by atoms with Crippen LogP contribution in [0.5, 0.6) is 5.75 Å². The first kappa shape index (κ1) is 25.6. The molecule has 6 atom stereocenters. The molecule has 0 spiro atoms. The minimum Gasteiger partial charge on any atom is -0.489 e. The van der Waals surface area contributed by atoms with Crippen LogP contribution < -0.4 is 4.74 Å². The zero-order valence-corrected chi connectivity index (χ0v) is 22.7. The van der Waals surface area contributed by atoms with Gasteiger partial charge in [-0.2, -0.15) is 0 Å². The van der Waals surface area contributed by atoms with Gasteiger partial charge in [0.25, 0.3) is 0 Å². The van der Waals surface area contributed by atoms with Crippen LogP contribution >= 0.6 is 0 Å². The third-order valence-corrected chi connectivity index (χ3v) is 10.0. The molecular weight excluding hydrogens is 468 g/mol. The van der Waals surface area contributed by atoms with Crippen molar-refractivity contribution in [2.24, 2.45) is 23.2 Å². The summed E-state index contributed by atoms with van der Waals surface area (Å²) in [4.78, 5) is 0. The van der Waals surface area contributed by atoms with Crippen LogP contribution in [0.15, 0.2) is 78.9 Å². The van der Waals surface area contributed by atoms with E-state index in [9.17, 15) is 5.11 Å². The summed E-state index contributed by atoms with van der Waals surface area (Å²) in [6.45, 7) is 4.12. The summed E-state index contributed by atoms with van der Waals surface area (Å²) in [5, 5.41) is 9.75. The van der Waals surface area contributed by atoms with Crippen molar-refractivity contribution in [2.75, 3.05) is 6.61 Å². The molecule has 3 aromatic rings. The number of aryl methyl sites for hydroxylation is 1. The second kappa shape index (κ2) is 11.2. The second-order valence-electron chi connectivity index (χ2n) is 12.2. The Labute approximate surface area is 228 Å². The van der Waals surface area contributed by atoms with Gasteiger partial charge in [0.05, 0.1) is 12.7 Å². The van der Waals surface area contributed by atoms with E-state index in [-0.39, 0.29) is 12.0 Å². The monoisotopic (exact) mass is 510 g/mol. The molecule has 1 N–H and O–H groups in total. The van der Waals surface area contributed by atoms with Crippen molar-refractivity contribution in [2.45, 2.75) is 77.1 Å². The van der Waals surface area contributed by atoms with E-state index in [0.29, 0.717) is 43.0 Å². The summed E-state index contributed by atoms with van der Waals surface area (Å²) in [5.41, 5.74) is 5.70. The van der Waals surface area contributed by atoms with Gasteiger partial charge in [-0.15, -0.1) is 0 Å². The maximum Gasteiger partial charge on any atom is 0.120 e. The van der Waals surface area contributed by atoms with E-state index >= 15 is 0 Å².